The average molecular weight is 583 g/mol. The smallest absolute Gasteiger partial charge is 0.356 e. The topological polar surface area (TPSA) is 115 Å². The second-order valence-electron chi connectivity index (χ2n) is 9.66. The molecule has 2 amide bonds. The van der Waals surface area contributed by atoms with Gasteiger partial charge in [-0.25, -0.2) is 9.78 Å². The Labute approximate surface area is 245 Å². The van der Waals surface area contributed by atoms with Crippen molar-refractivity contribution in [2.24, 2.45) is 5.73 Å². The molecule has 0 aliphatic carbocycles. The van der Waals surface area contributed by atoms with E-state index in [0.29, 0.717) is 17.0 Å². The van der Waals surface area contributed by atoms with Gasteiger partial charge in [0.1, 0.15) is 22.1 Å². The fourth-order valence-electron chi connectivity index (χ4n) is 4.89. The molecule has 1 aromatic heterocycles. The Bertz CT molecular complexity index is 1600. The Morgan fingerprint density at radius 2 is 1.63 bits per heavy atom. The highest BCUT2D eigenvalue weighted by Crippen LogP contribution is 2.45. The number of aromatic nitrogens is 1. The third-order valence-electron chi connectivity index (χ3n) is 6.89. The number of carbonyl (C=O) groups excluding carboxylic acids is 3. The number of rotatable bonds is 7. The molecule has 0 saturated carbocycles. The fourth-order valence-corrected chi connectivity index (χ4v) is 7.26. The van der Waals surface area contributed by atoms with Crippen LogP contribution in [0.25, 0.3) is 16.1 Å². The van der Waals surface area contributed by atoms with Crippen LogP contribution in [-0.2, 0) is 19.1 Å². The average Bonchev–Trinajstić information content (AvgIpc) is 3.50. The predicted molar refractivity (Wildman–Crippen MR) is 161 cm³/mol. The number of carbonyl (C=O) groups is 3. The van der Waals surface area contributed by atoms with Crippen molar-refractivity contribution < 1.29 is 19.1 Å². The SMILES string of the molecule is CC(=O)Nc1ccc(-c2ncc(C3=C(C(=O)OC(c4ccccc4)c4ccccc4)N4C(=O)C(N)C4SC3)s2)cc1. The minimum absolute atomic E-state index is 0.143. The summed E-state index contributed by atoms with van der Waals surface area (Å²) in [5.41, 5.74) is 10.2. The summed E-state index contributed by atoms with van der Waals surface area (Å²) in [5.74, 6) is -0.550. The van der Waals surface area contributed by atoms with Gasteiger partial charge in [0.15, 0.2) is 6.10 Å². The molecular formula is C31H26N4O4S2. The van der Waals surface area contributed by atoms with Gasteiger partial charge in [0.05, 0.1) is 4.88 Å². The van der Waals surface area contributed by atoms with E-state index in [1.165, 1.54) is 34.9 Å². The lowest BCUT2D eigenvalue weighted by Gasteiger charge is -2.48. The Morgan fingerprint density at radius 3 is 2.24 bits per heavy atom. The van der Waals surface area contributed by atoms with Crippen LogP contribution < -0.4 is 11.1 Å². The van der Waals surface area contributed by atoms with Gasteiger partial charge >= 0.3 is 5.97 Å². The summed E-state index contributed by atoms with van der Waals surface area (Å²) < 4.78 is 6.20. The number of nitrogens with zero attached hydrogens (tertiary/aromatic N) is 2. The van der Waals surface area contributed by atoms with Crippen molar-refractivity contribution in [3.8, 4) is 10.6 Å². The maximum atomic E-state index is 14.0. The normalized spacial score (nSPS) is 18.1. The van der Waals surface area contributed by atoms with Crippen molar-refractivity contribution in [3.05, 3.63) is 113 Å². The number of benzene rings is 3. The molecule has 2 unspecified atom stereocenters. The van der Waals surface area contributed by atoms with Gasteiger partial charge in [-0.1, -0.05) is 60.7 Å². The fraction of sp³-hybridized carbons (Fsp3) is 0.161. The number of amides is 2. The molecule has 3 heterocycles. The van der Waals surface area contributed by atoms with Crippen LogP contribution in [0, 0.1) is 0 Å². The third kappa shape index (κ3) is 5.29. The number of nitrogens with two attached hydrogens (primary N) is 1. The largest absolute Gasteiger partial charge is 0.448 e. The molecular weight excluding hydrogens is 556 g/mol. The number of hydrogen-bond acceptors (Lipinski definition) is 8. The number of fused-ring (bicyclic) bond motifs is 1. The molecule has 0 radical (unpaired) electrons. The van der Waals surface area contributed by atoms with Crippen molar-refractivity contribution in [2.75, 3.05) is 11.1 Å². The zero-order valence-electron chi connectivity index (χ0n) is 22.0. The summed E-state index contributed by atoms with van der Waals surface area (Å²) in [6.07, 6.45) is 1.07. The van der Waals surface area contributed by atoms with Crippen molar-refractivity contribution in [3.63, 3.8) is 0 Å². The first-order valence-electron chi connectivity index (χ1n) is 13.0. The van der Waals surface area contributed by atoms with Crippen LogP contribution in [0.1, 0.15) is 29.0 Å². The Balaban J connectivity index is 1.36. The van der Waals surface area contributed by atoms with Crippen LogP contribution >= 0.6 is 23.1 Å². The molecule has 8 nitrogen and oxygen atoms in total. The van der Waals surface area contributed by atoms with Crippen molar-refractivity contribution in [1.29, 1.82) is 0 Å². The van der Waals surface area contributed by atoms with Gasteiger partial charge < -0.3 is 15.8 Å². The summed E-state index contributed by atoms with van der Waals surface area (Å²) in [7, 11) is 0. The highest BCUT2D eigenvalue weighted by Gasteiger charge is 2.52. The van der Waals surface area contributed by atoms with E-state index < -0.39 is 18.1 Å². The lowest BCUT2D eigenvalue weighted by Crippen LogP contribution is -2.68. The summed E-state index contributed by atoms with van der Waals surface area (Å²) in [6.45, 7) is 1.46. The van der Waals surface area contributed by atoms with Crippen molar-refractivity contribution in [1.82, 2.24) is 9.88 Å². The van der Waals surface area contributed by atoms with E-state index >= 15 is 0 Å². The van der Waals surface area contributed by atoms with Crippen LogP contribution in [0.15, 0.2) is 96.8 Å². The zero-order valence-corrected chi connectivity index (χ0v) is 23.7. The number of hydrogen-bond donors (Lipinski definition) is 2. The molecule has 10 heteroatoms. The van der Waals surface area contributed by atoms with Crippen LogP contribution in [0.5, 0.6) is 0 Å². The predicted octanol–water partition coefficient (Wildman–Crippen LogP) is 5.05. The van der Waals surface area contributed by atoms with Gasteiger partial charge in [0, 0.05) is 35.7 Å². The highest BCUT2D eigenvalue weighted by molar-refractivity contribution is 8.00. The molecule has 206 valence electrons. The molecule has 1 fully saturated rings. The first-order chi connectivity index (χ1) is 19.9. The van der Waals surface area contributed by atoms with E-state index in [4.69, 9.17) is 10.5 Å². The maximum absolute atomic E-state index is 14.0. The van der Waals surface area contributed by atoms with E-state index in [2.05, 4.69) is 10.3 Å². The maximum Gasteiger partial charge on any atom is 0.356 e. The van der Waals surface area contributed by atoms with Crippen LogP contribution in [0.2, 0.25) is 0 Å². The van der Waals surface area contributed by atoms with Gasteiger partial charge in [-0.05, 0) is 35.4 Å². The number of thioether (sulfide) groups is 1. The minimum Gasteiger partial charge on any atom is -0.448 e. The van der Waals surface area contributed by atoms with Gasteiger partial charge in [-0.15, -0.1) is 23.1 Å². The van der Waals surface area contributed by atoms with E-state index in [1.807, 2.05) is 84.9 Å². The van der Waals surface area contributed by atoms with E-state index in [1.54, 1.807) is 6.20 Å². The second-order valence-corrected chi connectivity index (χ2v) is 11.8. The monoisotopic (exact) mass is 582 g/mol. The molecule has 2 aliphatic rings. The minimum atomic E-state index is -0.664. The molecule has 2 aliphatic heterocycles. The van der Waals surface area contributed by atoms with E-state index in [0.717, 1.165) is 26.6 Å². The number of thiazole rings is 1. The number of nitrogens with one attached hydrogen (secondary N) is 1. The molecule has 4 aromatic rings. The third-order valence-corrected chi connectivity index (χ3v) is 9.29. The molecule has 0 spiro atoms. The van der Waals surface area contributed by atoms with Gasteiger partial charge in [0.25, 0.3) is 0 Å². The van der Waals surface area contributed by atoms with Crippen LogP contribution in [-0.4, -0.2) is 44.8 Å². The molecule has 3 N–H and O–H groups in total. The molecule has 1 saturated heterocycles. The van der Waals surface area contributed by atoms with Crippen LogP contribution in [0.3, 0.4) is 0 Å². The summed E-state index contributed by atoms with van der Waals surface area (Å²) in [5, 5.41) is 3.18. The lowest BCUT2D eigenvalue weighted by atomic mass is 10.0. The number of ether oxygens (including phenoxy) is 1. The summed E-state index contributed by atoms with van der Waals surface area (Å²) >= 11 is 2.95. The number of esters is 1. The quantitative estimate of drug-likeness (QED) is 0.231. The lowest BCUT2D eigenvalue weighted by molar-refractivity contribution is -0.152. The van der Waals surface area contributed by atoms with E-state index in [9.17, 15) is 14.4 Å². The Kier molecular flexibility index (Phi) is 7.44. The van der Waals surface area contributed by atoms with Gasteiger partial charge in [-0.2, -0.15) is 0 Å². The second kappa shape index (κ2) is 11.3. The Hall–Kier alpha value is -4.25. The molecule has 3 aromatic carbocycles. The van der Waals surface area contributed by atoms with Gasteiger partial charge in [-0.3, -0.25) is 14.5 Å². The first kappa shape index (κ1) is 26.9. The molecule has 6 rings (SSSR count). The van der Waals surface area contributed by atoms with Crippen LogP contribution in [0.4, 0.5) is 5.69 Å². The highest BCUT2D eigenvalue weighted by atomic mass is 32.2. The first-order valence-corrected chi connectivity index (χ1v) is 14.9. The van der Waals surface area contributed by atoms with E-state index in [-0.39, 0.29) is 22.9 Å². The van der Waals surface area contributed by atoms with Gasteiger partial charge in [0.2, 0.25) is 11.8 Å². The molecule has 2 atom stereocenters. The zero-order chi connectivity index (χ0) is 28.5. The molecule has 41 heavy (non-hydrogen) atoms. The number of β-lactam (4-membered cyclic amide) rings is 1. The summed E-state index contributed by atoms with van der Waals surface area (Å²) in [4.78, 5) is 45.2. The van der Waals surface area contributed by atoms with Crippen molar-refractivity contribution >= 4 is 52.1 Å². The standard InChI is InChI=1S/C31H26N4O4S2/c1-18(36)34-22-14-12-21(13-15-22)28-33-16-24(41-28)23-17-40-30-25(32)29(37)35(30)26(23)31(38)39-27(19-8-4-2-5-9-19)20-10-6-3-7-11-20/h2-16,25,27,30H,17,32H2,1H3,(H,34,36). The Morgan fingerprint density at radius 1 is 1.00 bits per heavy atom. The van der Waals surface area contributed by atoms with Crippen molar-refractivity contribution in [2.45, 2.75) is 24.4 Å². The molecule has 0 bridgehead atoms. The number of anilines is 1. The summed E-state index contributed by atoms with van der Waals surface area (Å²) in [6, 6.07) is 25.8.